The number of anilines is 2. The van der Waals surface area contributed by atoms with Gasteiger partial charge in [0, 0.05) is 66.6 Å². The molecule has 0 amide bonds. The highest BCUT2D eigenvalue weighted by atomic mass is 35.5. The number of hydrazine groups is 1. The zero-order valence-electron chi connectivity index (χ0n) is 38.4. The summed E-state index contributed by atoms with van der Waals surface area (Å²) in [6.45, 7) is 15.8. The Morgan fingerprint density at radius 2 is 1.51 bits per heavy atom. The molecule has 3 aromatic carbocycles. The van der Waals surface area contributed by atoms with E-state index in [0.717, 1.165) is 72.0 Å². The lowest BCUT2D eigenvalue weighted by Gasteiger charge is -2.35. The molecule has 20 heteroatoms. The average Bonchev–Trinajstić information content (AvgIpc) is 3.86. The molecule has 0 spiro atoms. The summed E-state index contributed by atoms with van der Waals surface area (Å²) < 4.78 is 54.1. The first-order valence-electron chi connectivity index (χ1n) is 23.0. The molecule has 0 radical (unpaired) electrons. The Kier molecular flexibility index (Phi) is 12.7. The van der Waals surface area contributed by atoms with E-state index in [1.807, 2.05) is 73.5 Å². The molecule has 3 aromatic heterocycles. The Labute approximate surface area is 404 Å². The second-order valence-electron chi connectivity index (χ2n) is 16.5. The Balaban J connectivity index is 0.889. The Morgan fingerprint density at radius 1 is 0.779 bits per heavy atom. The second kappa shape index (κ2) is 18.8. The van der Waals surface area contributed by atoms with Crippen LogP contribution in [0.3, 0.4) is 0 Å². The van der Waals surface area contributed by atoms with E-state index in [-0.39, 0.29) is 41.7 Å². The summed E-state index contributed by atoms with van der Waals surface area (Å²) in [5, 5.41) is 8.46. The van der Waals surface area contributed by atoms with Crippen molar-refractivity contribution in [1.29, 1.82) is 0 Å². The number of aryl methyl sites for hydroxylation is 1. The first-order chi connectivity index (χ1) is 33.0. The van der Waals surface area contributed by atoms with Crippen molar-refractivity contribution in [2.45, 2.75) is 59.2 Å². The van der Waals surface area contributed by atoms with E-state index in [4.69, 9.17) is 47.4 Å². The number of ether oxygens (including phenoxy) is 3. The predicted molar refractivity (Wildman–Crippen MR) is 270 cm³/mol. The molecule has 0 fully saturated rings. The molecule has 6 aromatic rings. The number of halogens is 2. The van der Waals surface area contributed by atoms with Gasteiger partial charge in [-0.15, -0.1) is 0 Å². The van der Waals surface area contributed by atoms with E-state index in [2.05, 4.69) is 78.9 Å². The molecule has 4 aliphatic rings. The van der Waals surface area contributed by atoms with Gasteiger partial charge in [-0.25, -0.2) is 28.1 Å². The van der Waals surface area contributed by atoms with Crippen LogP contribution in [0.2, 0.25) is 0 Å². The van der Waals surface area contributed by atoms with Crippen molar-refractivity contribution in [3.05, 3.63) is 99.5 Å². The van der Waals surface area contributed by atoms with Crippen molar-refractivity contribution in [2.75, 3.05) is 63.2 Å². The number of sulfonamides is 1. The van der Waals surface area contributed by atoms with Crippen LogP contribution in [0.15, 0.2) is 98.2 Å². The summed E-state index contributed by atoms with van der Waals surface area (Å²) in [6.07, 6.45) is 2.17. The minimum absolute atomic E-state index is 0.0549. The number of aromatic nitrogens is 5. The quantitative estimate of drug-likeness (QED) is 0.0555. The van der Waals surface area contributed by atoms with Gasteiger partial charge in [0.2, 0.25) is 21.9 Å². The number of aliphatic imine (C=N–C) groups is 2. The molecule has 2 aliphatic heterocycles. The largest absolute Gasteiger partial charge is 0.475 e. The zero-order chi connectivity index (χ0) is 47.3. The summed E-state index contributed by atoms with van der Waals surface area (Å²) in [5.41, 5.74) is 9.48. The standard InChI is InChI=1S/C48H52Cl2N12O5S/c1-6-59(7-2)25-26-65-48-56-46(55-47(57-48)58-60(8-3)9-4)51-23-24-52-68(63,64)27-62-33-18-14-12-16-29(33)37-35(62)22-20-31-43(37)67-45-39(50)40-44(38(49)41(45)54-31)66-42-30(53-40)19-21-34-36(42)28-15-11-13-17-32(28)61(34)10-5/h11-22,43-44,52H,6-10,23-27H2,1-5H3,(H2,51,55,56,57,58). The monoisotopic (exact) mass is 978 g/mol. The van der Waals surface area contributed by atoms with Gasteiger partial charge in [-0.1, -0.05) is 87.3 Å². The van der Waals surface area contributed by atoms with Crippen LogP contribution in [0.5, 0.6) is 11.8 Å². The number of rotatable bonds is 18. The predicted octanol–water partition coefficient (Wildman–Crippen LogP) is 8.32. The van der Waals surface area contributed by atoms with E-state index in [0.29, 0.717) is 57.4 Å². The van der Waals surface area contributed by atoms with Gasteiger partial charge in [0.1, 0.15) is 34.6 Å². The fraction of sp³-hybridized carbons (Fsp3) is 0.354. The van der Waals surface area contributed by atoms with Gasteiger partial charge in [-0.3, -0.25) is 5.43 Å². The lowest BCUT2D eigenvalue weighted by atomic mass is 9.93. The van der Waals surface area contributed by atoms with Crippen molar-refractivity contribution >= 4 is 101 Å². The minimum Gasteiger partial charge on any atom is -0.475 e. The maximum absolute atomic E-state index is 13.9. The Hall–Kier alpha value is -6.02. The van der Waals surface area contributed by atoms with Crippen LogP contribution < -0.4 is 24.9 Å². The smallest absolute Gasteiger partial charge is 0.323 e. The van der Waals surface area contributed by atoms with Crippen LogP contribution in [-0.4, -0.2) is 112 Å². The molecule has 0 bridgehead atoms. The number of benzene rings is 3. The molecule has 0 saturated carbocycles. The molecule has 2 unspecified atom stereocenters. The van der Waals surface area contributed by atoms with Crippen molar-refractivity contribution in [3.8, 4) is 11.8 Å². The van der Waals surface area contributed by atoms with Gasteiger partial charge in [0.15, 0.2) is 23.7 Å². The molecular formula is C48H52Cl2N12O5S. The number of nitrogens with zero attached hydrogens (tertiary/aromatic N) is 9. The molecule has 354 valence electrons. The third-order valence-corrected chi connectivity index (χ3v) is 14.7. The summed E-state index contributed by atoms with van der Waals surface area (Å²) >= 11 is 14.5. The first-order valence-corrected chi connectivity index (χ1v) is 25.4. The molecule has 10 rings (SSSR count). The average molecular weight is 980 g/mol. The summed E-state index contributed by atoms with van der Waals surface area (Å²) in [6, 6.07) is 20.0. The molecule has 2 atom stereocenters. The highest BCUT2D eigenvalue weighted by Gasteiger charge is 2.44. The molecule has 2 aliphatic carbocycles. The highest BCUT2D eigenvalue weighted by Crippen LogP contribution is 2.51. The van der Waals surface area contributed by atoms with Gasteiger partial charge < -0.3 is 33.6 Å². The van der Waals surface area contributed by atoms with Gasteiger partial charge >= 0.3 is 6.01 Å². The SMILES string of the molecule is CCN(CC)CCOc1nc(NCCNS(=O)(=O)Cn2c3c(c4ccccc42)C2OC4=C(Cl)C5=Nc6ccc7c(c6OC5C(Cl)=C4N=C2C=C3)c2ccccc2n7CC)nc(NN(CC)CC)n1. The van der Waals surface area contributed by atoms with Crippen molar-refractivity contribution in [2.24, 2.45) is 9.98 Å². The summed E-state index contributed by atoms with van der Waals surface area (Å²) in [4.78, 5) is 25.8. The maximum atomic E-state index is 13.9. The Morgan fingerprint density at radius 3 is 2.26 bits per heavy atom. The number of hydrogen-bond donors (Lipinski definition) is 3. The van der Waals surface area contributed by atoms with Gasteiger partial charge in [-0.05, 0) is 56.4 Å². The van der Waals surface area contributed by atoms with Gasteiger partial charge in [-0.2, -0.15) is 15.0 Å². The summed E-state index contributed by atoms with van der Waals surface area (Å²) in [7, 11) is -3.90. The second-order valence-corrected chi connectivity index (χ2v) is 19.1. The third-order valence-electron chi connectivity index (χ3n) is 12.7. The van der Waals surface area contributed by atoms with E-state index < -0.39 is 22.2 Å². The van der Waals surface area contributed by atoms with Crippen LogP contribution in [-0.2, 0) is 27.2 Å². The molecular weight excluding hydrogens is 928 g/mol. The number of hydrogen-bond acceptors (Lipinski definition) is 14. The molecule has 68 heavy (non-hydrogen) atoms. The molecule has 17 nitrogen and oxygen atoms in total. The van der Waals surface area contributed by atoms with E-state index in [1.165, 1.54) is 0 Å². The molecule has 3 N–H and O–H groups in total. The van der Waals surface area contributed by atoms with Gasteiger partial charge in [0.25, 0.3) is 0 Å². The number of nitrogens with one attached hydrogen (secondary N) is 3. The van der Waals surface area contributed by atoms with Crippen molar-refractivity contribution in [3.63, 3.8) is 0 Å². The van der Waals surface area contributed by atoms with Gasteiger partial charge in [0.05, 0.1) is 27.3 Å². The normalized spacial score (nSPS) is 17.4. The lowest BCUT2D eigenvalue weighted by Crippen LogP contribution is -2.37. The van der Waals surface area contributed by atoms with Crippen molar-refractivity contribution in [1.82, 2.24) is 38.7 Å². The minimum atomic E-state index is -3.90. The van der Waals surface area contributed by atoms with Crippen LogP contribution in [0.1, 0.15) is 52.0 Å². The highest BCUT2D eigenvalue weighted by molar-refractivity contribution is 7.88. The van der Waals surface area contributed by atoms with E-state index >= 15 is 0 Å². The van der Waals surface area contributed by atoms with E-state index in [9.17, 15) is 8.42 Å². The molecule has 0 saturated heterocycles. The maximum Gasteiger partial charge on any atom is 0.323 e. The Bertz CT molecular complexity index is 3240. The topological polar surface area (TPSA) is 178 Å². The number of likely N-dealkylation sites (N-methyl/N-ethyl adjacent to an activating group) is 1. The molecule has 5 heterocycles. The summed E-state index contributed by atoms with van der Waals surface area (Å²) in [5.74, 6) is 1.12. The number of para-hydroxylation sites is 2. The van der Waals surface area contributed by atoms with Crippen LogP contribution >= 0.6 is 23.2 Å². The van der Waals surface area contributed by atoms with Crippen LogP contribution in [0.25, 0.3) is 38.8 Å². The third kappa shape index (κ3) is 8.26. The lowest BCUT2D eigenvalue weighted by molar-refractivity contribution is 0.169. The van der Waals surface area contributed by atoms with Crippen LogP contribution in [0.4, 0.5) is 17.6 Å². The number of fused-ring (bicyclic) bond motifs is 12. The first kappa shape index (κ1) is 45.7. The fourth-order valence-corrected chi connectivity index (χ4v) is 11.0. The van der Waals surface area contributed by atoms with Crippen LogP contribution in [0, 0.1) is 0 Å². The zero-order valence-corrected chi connectivity index (χ0v) is 40.7. The fourth-order valence-electron chi connectivity index (χ4n) is 9.29. The van der Waals surface area contributed by atoms with E-state index in [1.54, 1.807) is 4.57 Å². The van der Waals surface area contributed by atoms with Crippen molar-refractivity contribution < 1.29 is 22.6 Å².